The van der Waals surface area contributed by atoms with Crippen LogP contribution in [0.15, 0.2) is 24.3 Å². The Hall–Kier alpha value is -1.71. The number of hydrogen-bond acceptors (Lipinski definition) is 2. The molecule has 0 spiro atoms. The van der Waals surface area contributed by atoms with Gasteiger partial charge >= 0.3 is 6.03 Å². The standard InChI is InChI=1S/C17H24N2O2/c1-21-16-9-7-15(8-10-16)19-12-11-18(17(19)20)13-14-5-3-2-4-6-14/h7-10,14H,2-6,11-13H2,1H3. The lowest BCUT2D eigenvalue weighted by atomic mass is 9.89. The Kier molecular flexibility index (Phi) is 4.32. The largest absolute Gasteiger partial charge is 0.497 e. The summed E-state index contributed by atoms with van der Waals surface area (Å²) in [7, 11) is 1.65. The van der Waals surface area contributed by atoms with Gasteiger partial charge in [-0.05, 0) is 43.0 Å². The third-order valence-corrected chi connectivity index (χ3v) is 4.68. The summed E-state index contributed by atoms with van der Waals surface area (Å²) in [4.78, 5) is 16.5. The molecule has 3 rings (SSSR count). The Morgan fingerprint density at radius 1 is 1.10 bits per heavy atom. The summed E-state index contributed by atoms with van der Waals surface area (Å²) >= 11 is 0. The zero-order valence-electron chi connectivity index (χ0n) is 12.8. The van der Waals surface area contributed by atoms with Gasteiger partial charge in [-0.3, -0.25) is 4.90 Å². The molecule has 1 aliphatic carbocycles. The number of carbonyl (C=O) groups is 1. The number of ether oxygens (including phenoxy) is 1. The van der Waals surface area contributed by atoms with E-state index in [2.05, 4.69) is 0 Å². The van der Waals surface area contributed by atoms with E-state index < -0.39 is 0 Å². The van der Waals surface area contributed by atoms with Crippen LogP contribution in [0.25, 0.3) is 0 Å². The Morgan fingerprint density at radius 3 is 2.48 bits per heavy atom. The number of methoxy groups -OCH3 is 1. The van der Waals surface area contributed by atoms with Crippen LogP contribution in [0.1, 0.15) is 32.1 Å². The van der Waals surface area contributed by atoms with Crippen molar-refractivity contribution >= 4 is 11.7 Å². The Bertz CT molecular complexity index is 480. The van der Waals surface area contributed by atoms with Crippen LogP contribution in [-0.4, -0.2) is 37.7 Å². The summed E-state index contributed by atoms with van der Waals surface area (Å²) in [6, 6.07) is 7.89. The lowest BCUT2D eigenvalue weighted by molar-refractivity contribution is 0.202. The minimum atomic E-state index is 0.158. The lowest BCUT2D eigenvalue weighted by Crippen LogP contribution is -2.35. The molecule has 4 heteroatoms. The summed E-state index contributed by atoms with van der Waals surface area (Å²) < 4.78 is 5.17. The minimum absolute atomic E-state index is 0.158. The quantitative estimate of drug-likeness (QED) is 0.849. The molecule has 21 heavy (non-hydrogen) atoms. The SMILES string of the molecule is COc1ccc(N2CCN(CC3CCCCC3)C2=O)cc1. The first kappa shape index (κ1) is 14.2. The minimum Gasteiger partial charge on any atom is -0.497 e. The van der Waals surface area contributed by atoms with Crippen molar-refractivity contribution in [3.8, 4) is 5.75 Å². The van der Waals surface area contributed by atoms with E-state index in [0.29, 0.717) is 5.92 Å². The summed E-state index contributed by atoms with van der Waals surface area (Å²) in [5.41, 5.74) is 0.965. The van der Waals surface area contributed by atoms with E-state index in [0.717, 1.165) is 31.1 Å². The second kappa shape index (κ2) is 6.37. The third-order valence-electron chi connectivity index (χ3n) is 4.68. The molecule has 0 atom stereocenters. The van der Waals surface area contributed by atoms with Crippen molar-refractivity contribution in [1.29, 1.82) is 0 Å². The van der Waals surface area contributed by atoms with Gasteiger partial charge in [0.15, 0.2) is 0 Å². The molecule has 1 saturated carbocycles. The van der Waals surface area contributed by atoms with E-state index in [1.807, 2.05) is 34.1 Å². The fourth-order valence-corrected chi connectivity index (χ4v) is 3.44. The molecule has 0 unspecified atom stereocenters. The van der Waals surface area contributed by atoms with Crippen LogP contribution >= 0.6 is 0 Å². The molecular formula is C17H24N2O2. The van der Waals surface area contributed by atoms with Gasteiger partial charge in [0.2, 0.25) is 0 Å². The molecule has 2 fully saturated rings. The van der Waals surface area contributed by atoms with Crippen LogP contribution in [0, 0.1) is 5.92 Å². The van der Waals surface area contributed by atoms with Gasteiger partial charge < -0.3 is 9.64 Å². The number of amides is 2. The average molecular weight is 288 g/mol. The lowest BCUT2D eigenvalue weighted by Gasteiger charge is -2.26. The molecule has 0 aromatic heterocycles. The molecule has 1 aliphatic heterocycles. The van der Waals surface area contributed by atoms with Gasteiger partial charge in [-0.2, -0.15) is 0 Å². The van der Waals surface area contributed by atoms with Gasteiger partial charge in [0.05, 0.1) is 7.11 Å². The maximum absolute atomic E-state index is 12.6. The molecule has 114 valence electrons. The van der Waals surface area contributed by atoms with E-state index in [1.54, 1.807) is 7.11 Å². The first-order chi connectivity index (χ1) is 10.3. The predicted octanol–water partition coefficient (Wildman–Crippen LogP) is 3.52. The number of benzene rings is 1. The van der Waals surface area contributed by atoms with E-state index in [1.165, 1.54) is 32.1 Å². The summed E-state index contributed by atoms with van der Waals surface area (Å²) in [6.45, 7) is 2.57. The molecule has 0 N–H and O–H groups in total. The summed E-state index contributed by atoms with van der Waals surface area (Å²) in [6.07, 6.45) is 6.59. The molecule has 1 saturated heterocycles. The van der Waals surface area contributed by atoms with Crippen LogP contribution < -0.4 is 9.64 Å². The molecule has 1 heterocycles. The molecule has 1 aromatic rings. The predicted molar refractivity (Wildman–Crippen MR) is 83.9 cm³/mol. The maximum atomic E-state index is 12.6. The first-order valence-corrected chi connectivity index (χ1v) is 7.98. The highest BCUT2D eigenvalue weighted by atomic mass is 16.5. The number of rotatable bonds is 4. The highest BCUT2D eigenvalue weighted by Crippen LogP contribution is 2.27. The first-order valence-electron chi connectivity index (χ1n) is 7.98. The van der Waals surface area contributed by atoms with Gasteiger partial charge in [-0.1, -0.05) is 19.3 Å². The number of urea groups is 1. The van der Waals surface area contributed by atoms with Crippen molar-refractivity contribution in [1.82, 2.24) is 4.90 Å². The molecule has 2 amide bonds. The van der Waals surface area contributed by atoms with Gasteiger partial charge in [0.1, 0.15) is 5.75 Å². The molecule has 0 radical (unpaired) electrons. The number of carbonyl (C=O) groups excluding carboxylic acids is 1. The normalized spacial score (nSPS) is 20.1. The van der Waals surface area contributed by atoms with Crippen LogP contribution in [0.2, 0.25) is 0 Å². The van der Waals surface area contributed by atoms with E-state index in [-0.39, 0.29) is 6.03 Å². The molecule has 0 bridgehead atoms. The Morgan fingerprint density at radius 2 is 1.81 bits per heavy atom. The maximum Gasteiger partial charge on any atom is 0.324 e. The van der Waals surface area contributed by atoms with E-state index >= 15 is 0 Å². The summed E-state index contributed by atoms with van der Waals surface area (Å²) in [5, 5.41) is 0. The Labute approximate surface area is 126 Å². The van der Waals surface area contributed by atoms with Gasteiger partial charge in [-0.25, -0.2) is 4.79 Å². The second-order valence-electron chi connectivity index (χ2n) is 6.08. The fourth-order valence-electron chi connectivity index (χ4n) is 3.44. The topological polar surface area (TPSA) is 32.8 Å². The van der Waals surface area contributed by atoms with Gasteiger partial charge in [0.25, 0.3) is 0 Å². The van der Waals surface area contributed by atoms with Crippen molar-refractivity contribution in [3.63, 3.8) is 0 Å². The second-order valence-corrected chi connectivity index (χ2v) is 6.08. The molecule has 1 aromatic carbocycles. The number of nitrogens with zero attached hydrogens (tertiary/aromatic N) is 2. The van der Waals surface area contributed by atoms with Crippen molar-refractivity contribution in [3.05, 3.63) is 24.3 Å². The van der Waals surface area contributed by atoms with Crippen molar-refractivity contribution < 1.29 is 9.53 Å². The van der Waals surface area contributed by atoms with Crippen LogP contribution in [0.5, 0.6) is 5.75 Å². The number of hydrogen-bond donors (Lipinski definition) is 0. The summed E-state index contributed by atoms with van der Waals surface area (Å²) in [5.74, 6) is 1.53. The molecule has 2 aliphatic rings. The average Bonchev–Trinajstić information content (AvgIpc) is 2.89. The van der Waals surface area contributed by atoms with Gasteiger partial charge in [-0.15, -0.1) is 0 Å². The highest BCUT2D eigenvalue weighted by Gasteiger charge is 2.31. The van der Waals surface area contributed by atoms with Crippen LogP contribution in [0.4, 0.5) is 10.5 Å². The molecular weight excluding hydrogens is 264 g/mol. The monoisotopic (exact) mass is 288 g/mol. The zero-order valence-corrected chi connectivity index (χ0v) is 12.8. The van der Waals surface area contributed by atoms with Crippen molar-refractivity contribution in [2.24, 2.45) is 5.92 Å². The zero-order chi connectivity index (χ0) is 14.7. The Balaban J connectivity index is 1.62. The smallest absolute Gasteiger partial charge is 0.324 e. The highest BCUT2D eigenvalue weighted by molar-refractivity contribution is 5.94. The van der Waals surface area contributed by atoms with Crippen LogP contribution in [-0.2, 0) is 0 Å². The van der Waals surface area contributed by atoms with Gasteiger partial charge in [0, 0.05) is 25.3 Å². The van der Waals surface area contributed by atoms with E-state index in [4.69, 9.17) is 4.74 Å². The third kappa shape index (κ3) is 3.14. The molecule has 4 nitrogen and oxygen atoms in total. The van der Waals surface area contributed by atoms with Crippen molar-refractivity contribution in [2.75, 3.05) is 31.6 Å². The van der Waals surface area contributed by atoms with Crippen LogP contribution in [0.3, 0.4) is 0 Å². The van der Waals surface area contributed by atoms with Crippen molar-refractivity contribution in [2.45, 2.75) is 32.1 Å². The number of anilines is 1. The fraction of sp³-hybridized carbons (Fsp3) is 0.588. The van der Waals surface area contributed by atoms with E-state index in [9.17, 15) is 4.79 Å².